The SMILES string of the molecule is O=C(c1ccn[nH]1)N(CC(F)(F)F)[C@H]1CC[C@H](S(=O)(=O)c2cccc(C(F)(F)F)c2)CC1. The quantitative estimate of drug-likeness (QED) is 0.646. The van der Waals surface area contributed by atoms with Gasteiger partial charge >= 0.3 is 12.4 Å². The van der Waals surface area contributed by atoms with Crippen molar-refractivity contribution in [1.82, 2.24) is 15.1 Å². The van der Waals surface area contributed by atoms with Crippen LogP contribution in [-0.2, 0) is 16.0 Å². The first kappa shape index (κ1) is 24.1. The smallest absolute Gasteiger partial charge is 0.325 e. The normalized spacial score (nSPS) is 20.2. The third kappa shape index (κ3) is 5.43. The van der Waals surface area contributed by atoms with Crippen molar-refractivity contribution in [2.75, 3.05) is 6.54 Å². The van der Waals surface area contributed by atoms with Gasteiger partial charge in [-0.25, -0.2) is 8.42 Å². The average Bonchev–Trinajstić information content (AvgIpc) is 3.25. The molecule has 1 aliphatic rings. The first-order chi connectivity index (χ1) is 14.8. The van der Waals surface area contributed by atoms with E-state index in [0.717, 1.165) is 18.2 Å². The van der Waals surface area contributed by atoms with Gasteiger partial charge in [-0.1, -0.05) is 6.07 Å². The van der Waals surface area contributed by atoms with Crippen molar-refractivity contribution in [2.24, 2.45) is 0 Å². The fourth-order valence-electron chi connectivity index (χ4n) is 3.80. The molecule has 32 heavy (non-hydrogen) atoms. The van der Waals surface area contributed by atoms with Gasteiger partial charge in [0.15, 0.2) is 9.84 Å². The van der Waals surface area contributed by atoms with Gasteiger partial charge in [-0.2, -0.15) is 31.4 Å². The number of hydrogen-bond acceptors (Lipinski definition) is 4. The molecule has 1 aliphatic carbocycles. The number of halogens is 6. The number of benzene rings is 1. The zero-order valence-corrected chi connectivity index (χ0v) is 17.3. The number of carbonyl (C=O) groups is 1. The van der Waals surface area contributed by atoms with E-state index in [1.807, 2.05) is 0 Å². The Balaban J connectivity index is 1.77. The van der Waals surface area contributed by atoms with Crippen molar-refractivity contribution >= 4 is 15.7 Å². The number of rotatable bonds is 5. The predicted molar refractivity (Wildman–Crippen MR) is 100 cm³/mol. The molecule has 176 valence electrons. The number of nitrogens with zero attached hydrogens (tertiary/aromatic N) is 2. The number of sulfone groups is 1. The zero-order chi connectivity index (χ0) is 23.7. The minimum Gasteiger partial charge on any atom is -0.325 e. The van der Waals surface area contributed by atoms with E-state index in [1.54, 1.807) is 0 Å². The second kappa shape index (κ2) is 8.75. The van der Waals surface area contributed by atoms with E-state index in [0.29, 0.717) is 11.0 Å². The largest absolute Gasteiger partial charge is 0.416 e. The van der Waals surface area contributed by atoms with Gasteiger partial charge in [-0.15, -0.1) is 0 Å². The van der Waals surface area contributed by atoms with Crippen LogP contribution in [0.1, 0.15) is 41.7 Å². The molecule has 1 aromatic heterocycles. The number of carbonyl (C=O) groups excluding carboxylic acids is 1. The molecule has 6 nitrogen and oxygen atoms in total. The van der Waals surface area contributed by atoms with Crippen molar-refractivity contribution in [3.8, 4) is 0 Å². The number of aromatic nitrogens is 2. The zero-order valence-electron chi connectivity index (χ0n) is 16.4. The van der Waals surface area contributed by atoms with Gasteiger partial charge in [0.1, 0.15) is 12.2 Å². The van der Waals surface area contributed by atoms with Crippen LogP contribution in [0.15, 0.2) is 41.4 Å². The minimum atomic E-state index is -4.71. The summed E-state index contributed by atoms with van der Waals surface area (Å²) in [4.78, 5) is 12.7. The third-order valence-corrected chi connectivity index (χ3v) is 7.61. The molecule has 1 saturated carbocycles. The van der Waals surface area contributed by atoms with Crippen LogP contribution in [0.3, 0.4) is 0 Å². The molecule has 2 aromatic rings. The highest BCUT2D eigenvalue weighted by Gasteiger charge is 2.41. The number of hydrogen-bond donors (Lipinski definition) is 1. The Labute approximate surface area is 179 Å². The number of alkyl halides is 6. The summed E-state index contributed by atoms with van der Waals surface area (Å²) < 4.78 is 104. The summed E-state index contributed by atoms with van der Waals surface area (Å²) in [7, 11) is -4.13. The highest BCUT2D eigenvalue weighted by atomic mass is 32.2. The lowest BCUT2D eigenvalue weighted by Crippen LogP contribution is -2.48. The molecule has 13 heteroatoms. The molecule has 0 atom stereocenters. The number of amides is 1. The summed E-state index contributed by atoms with van der Waals surface area (Å²) in [5.41, 5.74) is -1.23. The minimum absolute atomic E-state index is 0.0428. The fraction of sp³-hybridized carbons (Fsp3) is 0.474. The Bertz CT molecular complexity index is 1040. The first-order valence-corrected chi connectivity index (χ1v) is 11.1. The number of nitrogens with one attached hydrogen (secondary N) is 1. The van der Waals surface area contributed by atoms with Crippen LogP contribution in [0, 0.1) is 0 Å². The average molecular weight is 483 g/mol. The van der Waals surface area contributed by atoms with E-state index in [1.165, 1.54) is 12.3 Å². The summed E-state index contributed by atoms with van der Waals surface area (Å²) >= 11 is 0. The summed E-state index contributed by atoms with van der Waals surface area (Å²) in [6.07, 6.45) is -8.43. The second-order valence-corrected chi connectivity index (χ2v) is 9.75. The van der Waals surface area contributed by atoms with E-state index in [9.17, 15) is 39.6 Å². The molecule has 0 radical (unpaired) electrons. The molecule has 1 heterocycles. The molecule has 0 spiro atoms. The lowest BCUT2D eigenvalue weighted by molar-refractivity contribution is -0.145. The first-order valence-electron chi connectivity index (χ1n) is 9.57. The van der Waals surface area contributed by atoms with E-state index in [-0.39, 0.29) is 31.4 Å². The summed E-state index contributed by atoms with van der Waals surface area (Å²) in [5, 5.41) is 4.82. The molecule has 1 aromatic carbocycles. The van der Waals surface area contributed by atoms with Crippen molar-refractivity contribution in [3.05, 3.63) is 47.8 Å². The van der Waals surface area contributed by atoms with Gasteiger partial charge in [0.2, 0.25) is 0 Å². The maximum absolute atomic E-state index is 13.1. The molecule has 0 aliphatic heterocycles. The Kier molecular flexibility index (Phi) is 6.59. The molecule has 1 fully saturated rings. The maximum atomic E-state index is 13.1. The summed E-state index contributed by atoms with van der Waals surface area (Å²) in [6.45, 7) is -1.51. The molecular formula is C19H19F6N3O3S. The molecule has 0 unspecified atom stereocenters. The molecule has 1 amide bonds. The van der Waals surface area contributed by atoms with Crippen LogP contribution < -0.4 is 0 Å². The highest BCUT2D eigenvalue weighted by Crippen LogP contribution is 2.35. The Morgan fingerprint density at radius 3 is 2.25 bits per heavy atom. The maximum Gasteiger partial charge on any atom is 0.416 e. The predicted octanol–water partition coefficient (Wildman–Crippen LogP) is 4.22. The van der Waals surface area contributed by atoms with E-state index < -0.39 is 56.4 Å². The topological polar surface area (TPSA) is 83.1 Å². The number of aromatic amines is 1. The second-order valence-electron chi connectivity index (χ2n) is 7.52. The number of H-pyrrole nitrogens is 1. The van der Waals surface area contributed by atoms with Gasteiger partial charge in [-0.05, 0) is 49.9 Å². The van der Waals surface area contributed by atoms with Gasteiger partial charge < -0.3 is 4.90 Å². The van der Waals surface area contributed by atoms with Gasteiger partial charge in [-0.3, -0.25) is 9.89 Å². The summed E-state index contributed by atoms with van der Waals surface area (Å²) in [5.74, 6) is -0.913. The molecule has 3 rings (SSSR count). The Hall–Kier alpha value is -2.57. The van der Waals surface area contributed by atoms with Crippen LogP contribution in [0.4, 0.5) is 26.3 Å². The van der Waals surface area contributed by atoms with Crippen LogP contribution in [-0.4, -0.2) is 53.4 Å². The lowest BCUT2D eigenvalue weighted by Gasteiger charge is -2.37. The van der Waals surface area contributed by atoms with Crippen LogP contribution >= 0.6 is 0 Å². The molecule has 0 bridgehead atoms. The van der Waals surface area contributed by atoms with Crippen molar-refractivity contribution in [2.45, 2.75) is 54.2 Å². The van der Waals surface area contributed by atoms with E-state index in [2.05, 4.69) is 10.2 Å². The molecular weight excluding hydrogens is 464 g/mol. The molecule has 1 N–H and O–H groups in total. The van der Waals surface area contributed by atoms with E-state index in [4.69, 9.17) is 0 Å². The van der Waals surface area contributed by atoms with Crippen molar-refractivity contribution in [1.29, 1.82) is 0 Å². The van der Waals surface area contributed by atoms with E-state index >= 15 is 0 Å². The van der Waals surface area contributed by atoms with Gasteiger partial charge in [0, 0.05) is 12.2 Å². The third-order valence-electron chi connectivity index (χ3n) is 5.35. The van der Waals surface area contributed by atoms with Crippen LogP contribution in [0.2, 0.25) is 0 Å². The van der Waals surface area contributed by atoms with Gasteiger partial charge in [0.25, 0.3) is 5.91 Å². The monoisotopic (exact) mass is 483 g/mol. The standard InChI is InChI=1S/C19H19F6N3O3S/c20-18(21,22)11-28(17(29)16-8-9-26-27-16)13-4-6-14(7-5-13)32(30,31)15-3-1-2-12(10-15)19(23,24)25/h1-3,8-10,13-14H,4-7,11H2,(H,26,27)/t13-,14-. The van der Waals surface area contributed by atoms with Crippen molar-refractivity contribution in [3.63, 3.8) is 0 Å². The fourth-order valence-corrected chi connectivity index (χ4v) is 5.64. The van der Waals surface area contributed by atoms with Gasteiger partial charge in [0.05, 0.1) is 15.7 Å². The highest BCUT2D eigenvalue weighted by molar-refractivity contribution is 7.92. The lowest BCUT2D eigenvalue weighted by atomic mass is 9.93. The summed E-state index contributed by atoms with van der Waals surface area (Å²) in [6, 6.07) is 3.73. The van der Waals surface area contributed by atoms with Crippen LogP contribution in [0.5, 0.6) is 0 Å². The Morgan fingerprint density at radius 2 is 1.72 bits per heavy atom. The van der Waals surface area contributed by atoms with Crippen LogP contribution in [0.25, 0.3) is 0 Å². The van der Waals surface area contributed by atoms with Crippen molar-refractivity contribution < 1.29 is 39.6 Å². The Morgan fingerprint density at radius 1 is 1.06 bits per heavy atom. The molecule has 0 saturated heterocycles.